The van der Waals surface area contributed by atoms with Crippen molar-refractivity contribution in [3.05, 3.63) is 83.0 Å². The number of para-hydroxylation sites is 1. The number of amides is 1. The lowest BCUT2D eigenvalue weighted by Crippen LogP contribution is -2.49. The Morgan fingerprint density at radius 1 is 0.969 bits per heavy atom. The zero-order valence-corrected chi connectivity index (χ0v) is 17.6. The fourth-order valence-corrected chi connectivity index (χ4v) is 4.05. The highest BCUT2D eigenvalue weighted by Gasteiger charge is 2.23. The van der Waals surface area contributed by atoms with Crippen LogP contribution in [0.2, 0.25) is 0 Å². The summed E-state index contributed by atoms with van der Waals surface area (Å²) >= 11 is 0. The van der Waals surface area contributed by atoms with Gasteiger partial charge in [-0.25, -0.2) is 4.68 Å². The standard InChI is InChI=1S/C24H24N6O2/c31-23-8-7-21(19-5-3-9-25-17-19)27-30(23)15-12-28-10-13-29(14-11-28)24(32)22-16-18-4-1-2-6-20(18)26-22/h1-9,16-17,26H,10-15H2. The van der Waals surface area contributed by atoms with Gasteiger partial charge in [-0.05, 0) is 30.3 Å². The first-order valence-corrected chi connectivity index (χ1v) is 10.8. The number of fused-ring (bicyclic) bond motifs is 1. The van der Waals surface area contributed by atoms with Crippen molar-refractivity contribution in [2.24, 2.45) is 0 Å². The van der Waals surface area contributed by atoms with Crippen LogP contribution in [0, 0.1) is 0 Å². The Balaban J connectivity index is 1.18. The summed E-state index contributed by atoms with van der Waals surface area (Å²) in [5.41, 5.74) is 3.09. The second-order valence-electron chi connectivity index (χ2n) is 7.93. The Hall–Kier alpha value is -3.78. The topological polar surface area (TPSA) is 87.1 Å². The number of nitrogens with one attached hydrogen (secondary N) is 1. The van der Waals surface area contributed by atoms with Gasteiger partial charge in [0.15, 0.2) is 0 Å². The van der Waals surface area contributed by atoms with Crippen LogP contribution in [0.5, 0.6) is 0 Å². The average molecular weight is 428 g/mol. The molecule has 1 N–H and O–H groups in total. The van der Waals surface area contributed by atoms with Crippen molar-refractivity contribution in [2.75, 3.05) is 32.7 Å². The van der Waals surface area contributed by atoms with Gasteiger partial charge in [-0.15, -0.1) is 0 Å². The Morgan fingerprint density at radius 3 is 2.59 bits per heavy atom. The van der Waals surface area contributed by atoms with Crippen LogP contribution in [-0.4, -0.2) is 68.2 Å². The van der Waals surface area contributed by atoms with E-state index in [2.05, 4.69) is 20.0 Å². The number of aromatic amines is 1. The van der Waals surface area contributed by atoms with Gasteiger partial charge in [0.1, 0.15) is 5.69 Å². The van der Waals surface area contributed by atoms with E-state index in [0.29, 0.717) is 31.9 Å². The minimum Gasteiger partial charge on any atom is -0.351 e. The van der Waals surface area contributed by atoms with E-state index in [1.165, 1.54) is 4.68 Å². The summed E-state index contributed by atoms with van der Waals surface area (Å²) in [5, 5.41) is 5.54. The lowest BCUT2D eigenvalue weighted by atomic mass is 10.2. The third kappa shape index (κ3) is 4.17. The molecule has 8 nitrogen and oxygen atoms in total. The molecule has 0 saturated carbocycles. The third-order valence-electron chi connectivity index (χ3n) is 5.87. The summed E-state index contributed by atoms with van der Waals surface area (Å²) in [6, 6.07) is 16.9. The molecule has 3 aromatic heterocycles. The first-order chi connectivity index (χ1) is 15.7. The first-order valence-electron chi connectivity index (χ1n) is 10.8. The minimum atomic E-state index is -0.120. The zero-order chi connectivity index (χ0) is 21.9. The molecule has 1 fully saturated rings. The maximum Gasteiger partial charge on any atom is 0.270 e. The van der Waals surface area contributed by atoms with Crippen LogP contribution < -0.4 is 5.56 Å². The highest BCUT2D eigenvalue weighted by molar-refractivity contribution is 5.98. The molecule has 0 radical (unpaired) electrons. The number of nitrogens with zero attached hydrogens (tertiary/aromatic N) is 5. The van der Waals surface area contributed by atoms with Crippen LogP contribution in [0.1, 0.15) is 10.5 Å². The molecule has 0 bridgehead atoms. The van der Waals surface area contributed by atoms with Gasteiger partial charge in [-0.2, -0.15) is 5.10 Å². The number of H-pyrrole nitrogens is 1. The molecular formula is C24H24N6O2. The summed E-state index contributed by atoms with van der Waals surface area (Å²) in [6.45, 7) is 4.06. The molecule has 32 heavy (non-hydrogen) atoms. The molecule has 5 rings (SSSR count). The maximum atomic E-state index is 12.9. The predicted molar refractivity (Wildman–Crippen MR) is 122 cm³/mol. The van der Waals surface area contributed by atoms with E-state index in [4.69, 9.17) is 0 Å². The molecular weight excluding hydrogens is 404 g/mol. The summed E-state index contributed by atoms with van der Waals surface area (Å²) < 4.78 is 1.50. The number of hydrogen-bond donors (Lipinski definition) is 1. The van der Waals surface area contributed by atoms with E-state index in [1.54, 1.807) is 24.5 Å². The van der Waals surface area contributed by atoms with Crippen LogP contribution in [0.25, 0.3) is 22.2 Å². The molecule has 8 heteroatoms. The molecule has 1 aromatic carbocycles. The molecule has 0 atom stereocenters. The van der Waals surface area contributed by atoms with Gasteiger partial charge in [0.05, 0.1) is 12.2 Å². The molecule has 1 amide bonds. The zero-order valence-electron chi connectivity index (χ0n) is 17.6. The van der Waals surface area contributed by atoms with Crippen molar-refractivity contribution in [1.29, 1.82) is 0 Å². The molecule has 1 aliphatic rings. The number of pyridine rings is 1. The molecule has 0 aliphatic carbocycles. The van der Waals surface area contributed by atoms with Crippen molar-refractivity contribution in [1.82, 2.24) is 29.5 Å². The Morgan fingerprint density at radius 2 is 1.81 bits per heavy atom. The number of benzene rings is 1. The van der Waals surface area contributed by atoms with E-state index in [9.17, 15) is 9.59 Å². The Labute approximate surface area is 185 Å². The van der Waals surface area contributed by atoms with E-state index in [0.717, 1.165) is 35.2 Å². The number of rotatable bonds is 5. The Kier molecular flexibility index (Phi) is 5.51. The number of piperazine rings is 1. The third-order valence-corrected chi connectivity index (χ3v) is 5.87. The van der Waals surface area contributed by atoms with Crippen LogP contribution >= 0.6 is 0 Å². The van der Waals surface area contributed by atoms with Crippen LogP contribution in [0.15, 0.2) is 71.8 Å². The summed E-state index contributed by atoms with van der Waals surface area (Å²) in [4.78, 5) is 36.6. The van der Waals surface area contributed by atoms with E-state index in [-0.39, 0.29) is 11.5 Å². The fraction of sp³-hybridized carbons (Fsp3) is 0.250. The van der Waals surface area contributed by atoms with Crippen molar-refractivity contribution < 1.29 is 4.79 Å². The molecule has 1 aliphatic heterocycles. The van der Waals surface area contributed by atoms with Crippen LogP contribution in [0.4, 0.5) is 0 Å². The fourth-order valence-electron chi connectivity index (χ4n) is 4.05. The summed E-state index contributed by atoms with van der Waals surface area (Å²) in [5.74, 6) is 0.0305. The number of carbonyl (C=O) groups excluding carboxylic acids is 1. The molecule has 4 aromatic rings. The van der Waals surface area contributed by atoms with Gasteiger partial charge in [-0.3, -0.25) is 19.5 Å². The van der Waals surface area contributed by atoms with Gasteiger partial charge < -0.3 is 9.88 Å². The van der Waals surface area contributed by atoms with Crippen LogP contribution in [-0.2, 0) is 6.54 Å². The number of carbonyl (C=O) groups is 1. The largest absolute Gasteiger partial charge is 0.351 e. The first kappa shape index (κ1) is 20.1. The summed E-state index contributed by atoms with van der Waals surface area (Å²) in [6.07, 6.45) is 3.45. The average Bonchev–Trinajstić information content (AvgIpc) is 3.28. The highest BCUT2D eigenvalue weighted by atomic mass is 16.2. The van der Waals surface area contributed by atoms with Gasteiger partial charge in [0.2, 0.25) is 0 Å². The van der Waals surface area contributed by atoms with Crippen molar-refractivity contribution in [3.63, 3.8) is 0 Å². The van der Waals surface area contributed by atoms with Gasteiger partial charge in [-0.1, -0.05) is 18.2 Å². The van der Waals surface area contributed by atoms with E-state index < -0.39 is 0 Å². The van der Waals surface area contributed by atoms with Gasteiger partial charge in [0, 0.05) is 67.7 Å². The van der Waals surface area contributed by atoms with Crippen LogP contribution in [0.3, 0.4) is 0 Å². The normalized spacial score (nSPS) is 14.7. The second kappa shape index (κ2) is 8.76. The molecule has 162 valence electrons. The van der Waals surface area contributed by atoms with Crippen molar-refractivity contribution >= 4 is 16.8 Å². The van der Waals surface area contributed by atoms with Crippen molar-refractivity contribution in [3.8, 4) is 11.3 Å². The molecule has 0 spiro atoms. The van der Waals surface area contributed by atoms with E-state index >= 15 is 0 Å². The quantitative estimate of drug-likeness (QED) is 0.527. The van der Waals surface area contributed by atoms with Gasteiger partial charge >= 0.3 is 0 Å². The monoisotopic (exact) mass is 428 g/mol. The smallest absolute Gasteiger partial charge is 0.270 e. The molecule has 1 saturated heterocycles. The maximum absolute atomic E-state index is 12.9. The van der Waals surface area contributed by atoms with Crippen molar-refractivity contribution in [2.45, 2.75) is 6.54 Å². The predicted octanol–water partition coefficient (Wildman–Crippen LogP) is 2.24. The highest BCUT2D eigenvalue weighted by Crippen LogP contribution is 2.17. The number of aromatic nitrogens is 4. The number of hydrogen-bond acceptors (Lipinski definition) is 5. The lowest BCUT2D eigenvalue weighted by Gasteiger charge is -2.34. The lowest BCUT2D eigenvalue weighted by molar-refractivity contribution is 0.0626. The minimum absolute atomic E-state index is 0.0305. The molecule has 4 heterocycles. The Bertz CT molecular complexity index is 1260. The van der Waals surface area contributed by atoms with Gasteiger partial charge in [0.25, 0.3) is 11.5 Å². The summed E-state index contributed by atoms with van der Waals surface area (Å²) in [7, 11) is 0. The second-order valence-corrected chi connectivity index (χ2v) is 7.93. The molecule has 0 unspecified atom stereocenters. The van der Waals surface area contributed by atoms with E-state index in [1.807, 2.05) is 47.4 Å². The SMILES string of the molecule is O=C(c1cc2ccccc2[nH]1)N1CCN(CCn2nc(-c3cccnc3)ccc2=O)CC1.